The third kappa shape index (κ3) is 4.89. The highest BCUT2D eigenvalue weighted by atomic mass is 16.5. The lowest BCUT2D eigenvalue weighted by Gasteiger charge is -2.07. The van der Waals surface area contributed by atoms with E-state index >= 15 is 0 Å². The zero-order valence-electron chi connectivity index (χ0n) is 10.6. The van der Waals surface area contributed by atoms with E-state index in [9.17, 15) is 4.79 Å². The molecule has 0 radical (unpaired) electrons. The Morgan fingerprint density at radius 2 is 2.00 bits per heavy atom. The Morgan fingerprint density at radius 1 is 1.18 bits per heavy atom. The standard InChI is InChI=1S/C14H20O3/c1-3-5-10-17-14(15)12-7-6-8-13(11-12)16-9-4-2/h6-8,11H,3-5,9-10H2,1-2H3. The van der Waals surface area contributed by atoms with Gasteiger partial charge in [0.1, 0.15) is 5.75 Å². The molecule has 0 saturated heterocycles. The van der Waals surface area contributed by atoms with Crippen LogP contribution in [0.3, 0.4) is 0 Å². The maximum atomic E-state index is 11.7. The van der Waals surface area contributed by atoms with E-state index in [-0.39, 0.29) is 5.97 Å². The van der Waals surface area contributed by atoms with Crippen LogP contribution in [0.2, 0.25) is 0 Å². The average molecular weight is 236 g/mol. The minimum Gasteiger partial charge on any atom is -0.494 e. The van der Waals surface area contributed by atoms with Crippen molar-refractivity contribution in [2.75, 3.05) is 13.2 Å². The van der Waals surface area contributed by atoms with E-state index in [1.165, 1.54) is 0 Å². The third-order valence-corrected chi connectivity index (χ3v) is 2.27. The van der Waals surface area contributed by atoms with Gasteiger partial charge in [0, 0.05) is 0 Å². The molecular weight excluding hydrogens is 216 g/mol. The van der Waals surface area contributed by atoms with Crippen molar-refractivity contribution >= 4 is 5.97 Å². The molecule has 17 heavy (non-hydrogen) atoms. The van der Waals surface area contributed by atoms with Gasteiger partial charge >= 0.3 is 5.97 Å². The maximum Gasteiger partial charge on any atom is 0.338 e. The Balaban J connectivity index is 2.54. The van der Waals surface area contributed by atoms with Crippen molar-refractivity contribution in [1.82, 2.24) is 0 Å². The van der Waals surface area contributed by atoms with E-state index in [1.54, 1.807) is 18.2 Å². The molecule has 0 saturated carbocycles. The highest BCUT2D eigenvalue weighted by Gasteiger charge is 2.07. The summed E-state index contributed by atoms with van der Waals surface area (Å²) in [4.78, 5) is 11.7. The molecule has 0 N–H and O–H groups in total. The van der Waals surface area contributed by atoms with E-state index in [0.717, 1.165) is 25.0 Å². The molecule has 0 spiro atoms. The van der Waals surface area contributed by atoms with Gasteiger partial charge in [0.2, 0.25) is 0 Å². The summed E-state index contributed by atoms with van der Waals surface area (Å²) in [6, 6.07) is 7.12. The van der Waals surface area contributed by atoms with Gasteiger partial charge in [-0.25, -0.2) is 4.79 Å². The van der Waals surface area contributed by atoms with E-state index in [1.807, 2.05) is 13.0 Å². The summed E-state index contributed by atoms with van der Waals surface area (Å²) >= 11 is 0. The molecule has 0 aliphatic rings. The molecule has 0 atom stereocenters. The molecule has 3 nitrogen and oxygen atoms in total. The Labute approximate surface area is 103 Å². The van der Waals surface area contributed by atoms with Crippen molar-refractivity contribution in [3.63, 3.8) is 0 Å². The molecule has 3 heteroatoms. The minimum atomic E-state index is -0.277. The van der Waals surface area contributed by atoms with Crippen LogP contribution in [-0.2, 0) is 4.74 Å². The second kappa shape index (κ2) is 7.71. The van der Waals surface area contributed by atoms with Crippen LogP contribution in [0.15, 0.2) is 24.3 Å². The molecule has 0 fully saturated rings. The van der Waals surface area contributed by atoms with Gasteiger partial charge in [-0.1, -0.05) is 26.3 Å². The summed E-state index contributed by atoms with van der Waals surface area (Å²) in [5.74, 6) is 0.442. The lowest BCUT2D eigenvalue weighted by Crippen LogP contribution is -2.06. The SMILES string of the molecule is CCCCOC(=O)c1cccc(OCCC)c1. The Morgan fingerprint density at radius 3 is 2.71 bits per heavy atom. The monoisotopic (exact) mass is 236 g/mol. The second-order valence-electron chi connectivity index (χ2n) is 3.87. The van der Waals surface area contributed by atoms with Crippen molar-refractivity contribution in [1.29, 1.82) is 0 Å². The smallest absolute Gasteiger partial charge is 0.338 e. The summed E-state index contributed by atoms with van der Waals surface area (Å²) in [7, 11) is 0. The Kier molecular flexibility index (Phi) is 6.15. The highest BCUT2D eigenvalue weighted by Crippen LogP contribution is 2.14. The Bertz CT molecular complexity index is 347. The van der Waals surface area contributed by atoms with E-state index < -0.39 is 0 Å². The lowest BCUT2D eigenvalue weighted by atomic mass is 10.2. The second-order valence-corrected chi connectivity index (χ2v) is 3.87. The van der Waals surface area contributed by atoms with E-state index in [4.69, 9.17) is 9.47 Å². The number of carbonyl (C=O) groups excluding carboxylic acids is 1. The normalized spacial score (nSPS) is 10.0. The van der Waals surface area contributed by atoms with E-state index in [0.29, 0.717) is 18.8 Å². The van der Waals surface area contributed by atoms with Gasteiger partial charge in [-0.05, 0) is 31.0 Å². The summed E-state index contributed by atoms with van der Waals surface area (Å²) < 4.78 is 10.6. The van der Waals surface area contributed by atoms with Crippen molar-refractivity contribution in [3.8, 4) is 5.75 Å². The molecular formula is C14H20O3. The van der Waals surface area contributed by atoms with Gasteiger partial charge in [0.15, 0.2) is 0 Å². The van der Waals surface area contributed by atoms with Crippen LogP contribution in [-0.4, -0.2) is 19.2 Å². The molecule has 94 valence electrons. The molecule has 1 rings (SSSR count). The zero-order chi connectivity index (χ0) is 12.5. The average Bonchev–Trinajstić information content (AvgIpc) is 2.37. The number of ether oxygens (including phenoxy) is 2. The number of hydrogen-bond acceptors (Lipinski definition) is 3. The number of rotatable bonds is 7. The highest BCUT2D eigenvalue weighted by molar-refractivity contribution is 5.89. The summed E-state index contributed by atoms with van der Waals surface area (Å²) in [6.07, 6.45) is 2.87. The molecule has 1 aromatic carbocycles. The fourth-order valence-corrected chi connectivity index (χ4v) is 1.33. The number of benzene rings is 1. The van der Waals surface area contributed by atoms with Crippen molar-refractivity contribution in [2.45, 2.75) is 33.1 Å². The maximum absolute atomic E-state index is 11.7. The Hall–Kier alpha value is -1.51. The first-order valence-electron chi connectivity index (χ1n) is 6.18. The first kappa shape index (κ1) is 13.6. The fourth-order valence-electron chi connectivity index (χ4n) is 1.33. The first-order chi connectivity index (χ1) is 8.27. The third-order valence-electron chi connectivity index (χ3n) is 2.27. The van der Waals surface area contributed by atoms with Gasteiger partial charge < -0.3 is 9.47 Å². The molecule has 1 aromatic rings. The van der Waals surface area contributed by atoms with Crippen molar-refractivity contribution in [3.05, 3.63) is 29.8 Å². The molecule has 0 bridgehead atoms. The first-order valence-corrected chi connectivity index (χ1v) is 6.18. The van der Waals surface area contributed by atoms with Crippen LogP contribution in [0.25, 0.3) is 0 Å². The molecule has 0 unspecified atom stereocenters. The molecule has 0 aliphatic carbocycles. The van der Waals surface area contributed by atoms with Crippen LogP contribution in [0, 0.1) is 0 Å². The van der Waals surface area contributed by atoms with Crippen LogP contribution < -0.4 is 4.74 Å². The van der Waals surface area contributed by atoms with Crippen molar-refractivity contribution < 1.29 is 14.3 Å². The van der Waals surface area contributed by atoms with Gasteiger partial charge in [0.05, 0.1) is 18.8 Å². The van der Waals surface area contributed by atoms with Crippen LogP contribution >= 0.6 is 0 Å². The van der Waals surface area contributed by atoms with Crippen molar-refractivity contribution in [2.24, 2.45) is 0 Å². The summed E-state index contributed by atoms with van der Waals surface area (Å²) in [6.45, 7) is 5.25. The quantitative estimate of drug-likeness (QED) is 0.537. The van der Waals surface area contributed by atoms with Crippen LogP contribution in [0.5, 0.6) is 5.75 Å². The predicted molar refractivity (Wildman–Crippen MR) is 67.4 cm³/mol. The summed E-state index contributed by atoms with van der Waals surface area (Å²) in [5.41, 5.74) is 0.551. The minimum absolute atomic E-state index is 0.277. The van der Waals surface area contributed by atoms with E-state index in [2.05, 4.69) is 6.92 Å². The number of carbonyl (C=O) groups is 1. The molecule has 0 heterocycles. The predicted octanol–water partition coefficient (Wildman–Crippen LogP) is 3.43. The number of esters is 1. The van der Waals surface area contributed by atoms with Gasteiger partial charge in [-0.2, -0.15) is 0 Å². The topological polar surface area (TPSA) is 35.5 Å². The van der Waals surface area contributed by atoms with Gasteiger partial charge in [-0.3, -0.25) is 0 Å². The van der Waals surface area contributed by atoms with Gasteiger partial charge in [-0.15, -0.1) is 0 Å². The zero-order valence-corrected chi connectivity index (χ0v) is 10.6. The number of hydrogen-bond donors (Lipinski definition) is 0. The molecule has 0 amide bonds. The fraction of sp³-hybridized carbons (Fsp3) is 0.500. The lowest BCUT2D eigenvalue weighted by molar-refractivity contribution is 0.0499. The van der Waals surface area contributed by atoms with Gasteiger partial charge in [0.25, 0.3) is 0 Å². The van der Waals surface area contributed by atoms with Crippen LogP contribution in [0.1, 0.15) is 43.5 Å². The number of unbranched alkanes of at least 4 members (excludes halogenated alkanes) is 1. The molecule has 0 aliphatic heterocycles. The summed E-state index contributed by atoms with van der Waals surface area (Å²) in [5, 5.41) is 0. The van der Waals surface area contributed by atoms with Crippen LogP contribution in [0.4, 0.5) is 0 Å². The largest absolute Gasteiger partial charge is 0.494 e. The molecule has 0 aromatic heterocycles.